The van der Waals surface area contributed by atoms with Crippen molar-refractivity contribution >= 4 is 39.9 Å². The van der Waals surface area contributed by atoms with E-state index in [1.54, 1.807) is 17.5 Å². The predicted molar refractivity (Wildman–Crippen MR) is 99.4 cm³/mol. The summed E-state index contributed by atoms with van der Waals surface area (Å²) in [6.07, 6.45) is 4.27. The molecule has 0 aliphatic heterocycles. The Balaban J connectivity index is 1.56. The SMILES string of the molecule is NC(=O)c1ccc(NC(=O)Cc2csc(NC(=O)c3cnccn3)n2)cc1. The maximum Gasteiger partial charge on any atom is 0.277 e. The first kappa shape index (κ1) is 18.1. The second kappa shape index (κ2) is 8.15. The normalized spacial score (nSPS) is 10.2. The fourth-order valence-electron chi connectivity index (χ4n) is 2.11. The molecule has 2 heterocycles. The minimum absolute atomic E-state index is 0.0368. The first-order chi connectivity index (χ1) is 13.0. The van der Waals surface area contributed by atoms with Crippen LogP contribution in [-0.4, -0.2) is 32.7 Å². The molecule has 0 radical (unpaired) electrons. The third-order valence-electron chi connectivity index (χ3n) is 3.36. The number of benzene rings is 1. The number of nitrogens with one attached hydrogen (secondary N) is 2. The van der Waals surface area contributed by atoms with Crippen molar-refractivity contribution in [2.45, 2.75) is 6.42 Å². The molecule has 9 nitrogen and oxygen atoms in total. The number of nitrogens with zero attached hydrogens (tertiary/aromatic N) is 3. The Labute approximate surface area is 157 Å². The molecule has 0 fully saturated rings. The molecule has 2 aromatic heterocycles. The van der Waals surface area contributed by atoms with Crippen LogP contribution in [0.1, 0.15) is 26.5 Å². The van der Waals surface area contributed by atoms with Gasteiger partial charge in [0.05, 0.1) is 18.3 Å². The lowest BCUT2D eigenvalue weighted by Gasteiger charge is -2.04. The number of anilines is 2. The number of hydrogen-bond acceptors (Lipinski definition) is 7. The number of primary amides is 1. The number of rotatable bonds is 6. The molecule has 0 bridgehead atoms. The molecule has 0 saturated carbocycles. The summed E-state index contributed by atoms with van der Waals surface area (Å²) < 4.78 is 0. The van der Waals surface area contributed by atoms with Crippen LogP contribution in [-0.2, 0) is 11.2 Å². The van der Waals surface area contributed by atoms with Crippen molar-refractivity contribution in [3.63, 3.8) is 0 Å². The highest BCUT2D eigenvalue weighted by Crippen LogP contribution is 2.17. The third-order valence-corrected chi connectivity index (χ3v) is 4.17. The van der Waals surface area contributed by atoms with Gasteiger partial charge < -0.3 is 11.1 Å². The van der Waals surface area contributed by atoms with Crippen molar-refractivity contribution in [3.05, 3.63) is 65.2 Å². The highest BCUT2D eigenvalue weighted by molar-refractivity contribution is 7.14. The van der Waals surface area contributed by atoms with Gasteiger partial charge in [0.2, 0.25) is 11.8 Å². The number of nitrogens with two attached hydrogens (primary N) is 1. The Morgan fingerprint density at radius 2 is 1.85 bits per heavy atom. The Bertz CT molecular complexity index is 972. The van der Waals surface area contributed by atoms with E-state index in [9.17, 15) is 14.4 Å². The van der Waals surface area contributed by atoms with Gasteiger partial charge in [-0.25, -0.2) is 9.97 Å². The highest BCUT2D eigenvalue weighted by Gasteiger charge is 2.12. The van der Waals surface area contributed by atoms with Gasteiger partial charge in [0.15, 0.2) is 5.13 Å². The molecular formula is C17H14N6O3S. The van der Waals surface area contributed by atoms with Gasteiger partial charge in [0.25, 0.3) is 5.91 Å². The van der Waals surface area contributed by atoms with Gasteiger partial charge in [-0.3, -0.25) is 24.7 Å². The van der Waals surface area contributed by atoms with Crippen molar-refractivity contribution in [1.29, 1.82) is 0 Å². The molecule has 27 heavy (non-hydrogen) atoms. The molecule has 0 aliphatic carbocycles. The Morgan fingerprint density at radius 3 is 2.52 bits per heavy atom. The van der Waals surface area contributed by atoms with Crippen LogP contribution in [0.15, 0.2) is 48.2 Å². The van der Waals surface area contributed by atoms with Crippen molar-refractivity contribution < 1.29 is 14.4 Å². The van der Waals surface area contributed by atoms with Crippen LogP contribution < -0.4 is 16.4 Å². The lowest BCUT2D eigenvalue weighted by Crippen LogP contribution is -2.16. The number of amides is 3. The van der Waals surface area contributed by atoms with Crippen LogP contribution in [0.5, 0.6) is 0 Å². The van der Waals surface area contributed by atoms with Gasteiger partial charge in [-0.05, 0) is 24.3 Å². The maximum absolute atomic E-state index is 12.1. The van der Waals surface area contributed by atoms with E-state index in [0.29, 0.717) is 22.1 Å². The van der Waals surface area contributed by atoms with Crippen molar-refractivity contribution in [3.8, 4) is 0 Å². The van der Waals surface area contributed by atoms with Crippen LogP contribution in [0.4, 0.5) is 10.8 Å². The van der Waals surface area contributed by atoms with E-state index in [-0.39, 0.29) is 18.0 Å². The molecule has 0 spiro atoms. The van der Waals surface area contributed by atoms with Crippen LogP contribution in [0.3, 0.4) is 0 Å². The molecule has 1 aromatic carbocycles. The summed E-state index contributed by atoms with van der Waals surface area (Å²) in [6.45, 7) is 0. The summed E-state index contributed by atoms with van der Waals surface area (Å²) in [5, 5.41) is 7.35. The molecule has 0 aliphatic rings. The first-order valence-corrected chi connectivity index (χ1v) is 8.61. The summed E-state index contributed by atoms with van der Waals surface area (Å²) in [5.74, 6) is -1.24. The maximum atomic E-state index is 12.1. The van der Waals surface area contributed by atoms with Gasteiger partial charge in [0.1, 0.15) is 5.69 Å². The van der Waals surface area contributed by atoms with Gasteiger partial charge in [-0.2, -0.15) is 0 Å². The minimum Gasteiger partial charge on any atom is -0.366 e. The zero-order valence-electron chi connectivity index (χ0n) is 13.9. The second-order valence-corrected chi connectivity index (χ2v) is 6.21. The summed E-state index contributed by atoms with van der Waals surface area (Å²) >= 11 is 1.20. The molecule has 10 heteroatoms. The Hall–Kier alpha value is -3.66. The number of carbonyl (C=O) groups is 3. The van der Waals surface area contributed by atoms with Gasteiger partial charge in [-0.15, -0.1) is 11.3 Å². The van der Waals surface area contributed by atoms with E-state index in [0.717, 1.165) is 0 Å². The number of aromatic nitrogens is 3. The van der Waals surface area contributed by atoms with E-state index >= 15 is 0 Å². The highest BCUT2D eigenvalue weighted by atomic mass is 32.1. The predicted octanol–water partition coefficient (Wildman–Crippen LogP) is 1.47. The molecule has 136 valence electrons. The lowest BCUT2D eigenvalue weighted by atomic mass is 10.2. The fourth-order valence-corrected chi connectivity index (χ4v) is 2.82. The topological polar surface area (TPSA) is 140 Å². The molecule has 3 rings (SSSR count). The monoisotopic (exact) mass is 382 g/mol. The molecule has 0 saturated heterocycles. The largest absolute Gasteiger partial charge is 0.366 e. The van der Waals surface area contributed by atoms with Crippen LogP contribution in [0.25, 0.3) is 0 Å². The molecule has 4 N–H and O–H groups in total. The summed E-state index contributed by atoms with van der Waals surface area (Å²) in [6, 6.07) is 6.24. The van der Waals surface area contributed by atoms with Crippen molar-refractivity contribution in [2.75, 3.05) is 10.6 Å². The molecule has 0 atom stereocenters. The first-order valence-electron chi connectivity index (χ1n) is 7.73. The second-order valence-electron chi connectivity index (χ2n) is 5.36. The smallest absolute Gasteiger partial charge is 0.277 e. The van der Waals surface area contributed by atoms with Crippen LogP contribution in [0, 0.1) is 0 Å². The number of carbonyl (C=O) groups excluding carboxylic acids is 3. The van der Waals surface area contributed by atoms with E-state index in [1.807, 2.05) is 0 Å². The zero-order valence-corrected chi connectivity index (χ0v) is 14.7. The summed E-state index contributed by atoms with van der Waals surface area (Å²) in [4.78, 5) is 47.1. The van der Waals surface area contributed by atoms with Gasteiger partial charge in [-0.1, -0.05) is 0 Å². The standard InChI is InChI=1S/C17H14N6O3S/c18-15(25)10-1-3-11(4-2-10)21-14(24)7-12-9-27-17(22-12)23-16(26)13-8-19-5-6-20-13/h1-6,8-9H,7H2,(H2,18,25)(H,21,24)(H,22,23,26). The quantitative estimate of drug-likeness (QED) is 0.590. The van der Waals surface area contributed by atoms with E-state index in [2.05, 4.69) is 25.6 Å². The number of thiazole rings is 1. The van der Waals surface area contributed by atoms with Crippen LogP contribution >= 0.6 is 11.3 Å². The average molecular weight is 382 g/mol. The van der Waals surface area contributed by atoms with E-state index in [1.165, 1.54) is 42.1 Å². The molecule has 3 amide bonds. The Kier molecular flexibility index (Phi) is 5.47. The number of hydrogen-bond donors (Lipinski definition) is 3. The van der Waals surface area contributed by atoms with Crippen molar-refractivity contribution in [2.24, 2.45) is 5.73 Å². The third kappa shape index (κ3) is 4.92. The van der Waals surface area contributed by atoms with E-state index < -0.39 is 11.8 Å². The van der Waals surface area contributed by atoms with Gasteiger partial charge >= 0.3 is 0 Å². The van der Waals surface area contributed by atoms with E-state index in [4.69, 9.17) is 5.73 Å². The molecule has 3 aromatic rings. The minimum atomic E-state index is -0.536. The zero-order chi connectivity index (χ0) is 19.2. The average Bonchev–Trinajstić information content (AvgIpc) is 3.09. The van der Waals surface area contributed by atoms with Crippen molar-refractivity contribution in [1.82, 2.24) is 15.0 Å². The summed E-state index contributed by atoms with van der Waals surface area (Å²) in [5.41, 5.74) is 6.75. The molecular weight excluding hydrogens is 368 g/mol. The Morgan fingerprint density at radius 1 is 1.07 bits per heavy atom. The lowest BCUT2D eigenvalue weighted by molar-refractivity contribution is -0.115. The summed E-state index contributed by atoms with van der Waals surface area (Å²) in [7, 11) is 0. The fraction of sp³-hybridized carbons (Fsp3) is 0.0588. The van der Waals surface area contributed by atoms with Gasteiger partial charge in [0, 0.05) is 29.0 Å². The molecule has 0 unspecified atom stereocenters. The van der Waals surface area contributed by atoms with Crippen LogP contribution in [0.2, 0.25) is 0 Å².